The predicted molar refractivity (Wildman–Crippen MR) is 188 cm³/mol. The van der Waals surface area contributed by atoms with Crippen molar-refractivity contribution in [3.05, 3.63) is 69.9 Å². The molecule has 0 aromatic rings. The van der Waals surface area contributed by atoms with Crippen molar-refractivity contribution in [2.75, 3.05) is 26.9 Å². The number of hydrogen-bond acceptors (Lipinski definition) is 10. The maximum atomic E-state index is 11.6. The molecule has 0 heterocycles. The number of aliphatic hydroxyl groups excluding tert-OH is 1. The summed E-state index contributed by atoms with van der Waals surface area (Å²) in [6.07, 6.45) is 22.3. The van der Waals surface area contributed by atoms with E-state index in [1.807, 2.05) is 33.8 Å². The molecule has 0 amide bonds. The summed E-state index contributed by atoms with van der Waals surface area (Å²) in [5.74, 6) is 0. The second-order valence-electron chi connectivity index (χ2n) is 10.7. The lowest BCUT2D eigenvalue weighted by Gasteiger charge is -2.07. The van der Waals surface area contributed by atoms with Gasteiger partial charge in [-0.3, -0.25) is 13.9 Å². The first-order valence-electron chi connectivity index (χ1n) is 15.6. The van der Waals surface area contributed by atoms with Crippen LogP contribution < -0.4 is 0 Å². The van der Waals surface area contributed by atoms with E-state index in [4.69, 9.17) is 19.6 Å². The SMILES string of the molecule is CC/C=C(\C)CC/C=C(\C)C=O.CC/C=C(\C)CC/C=C(\C)CO.COCC/C(C)=C/CC/C(C)=C/COP(=O)(OOOO)P=O. The summed E-state index contributed by atoms with van der Waals surface area (Å²) in [4.78, 5) is 10.2. The summed E-state index contributed by atoms with van der Waals surface area (Å²) in [6, 6.07) is 0. The van der Waals surface area contributed by atoms with E-state index in [1.54, 1.807) is 13.2 Å². The van der Waals surface area contributed by atoms with Gasteiger partial charge in [0.05, 0.1) is 13.2 Å². The molecule has 0 aromatic carbocycles. The molecule has 0 aliphatic heterocycles. The van der Waals surface area contributed by atoms with Crippen LogP contribution in [0, 0.1) is 0 Å². The molecule has 10 nitrogen and oxygen atoms in total. The summed E-state index contributed by atoms with van der Waals surface area (Å²) >= 11 is 0. The summed E-state index contributed by atoms with van der Waals surface area (Å²) < 4.78 is 36.1. The number of rotatable bonds is 23. The first-order chi connectivity index (χ1) is 21.9. The third kappa shape index (κ3) is 35.0. The van der Waals surface area contributed by atoms with Crippen LogP contribution in [0.1, 0.15) is 113 Å². The van der Waals surface area contributed by atoms with E-state index < -0.39 is 15.4 Å². The molecule has 0 spiro atoms. The number of aldehydes is 1. The Morgan fingerprint density at radius 3 is 1.65 bits per heavy atom. The van der Waals surface area contributed by atoms with Gasteiger partial charge >= 0.3 is 7.28 Å². The molecule has 12 heteroatoms. The number of aliphatic hydroxyl groups is 1. The highest BCUT2D eigenvalue weighted by Crippen LogP contribution is 2.60. The van der Waals surface area contributed by atoms with E-state index in [1.165, 1.54) is 16.7 Å². The lowest BCUT2D eigenvalue weighted by molar-refractivity contribution is -0.595. The molecular weight excluding hydrogens is 630 g/mol. The fourth-order valence-electron chi connectivity index (χ4n) is 3.49. The number of allylic oxidation sites excluding steroid dienone is 9. The van der Waals surface area contributed by atoms with Crippen molar-refractivity contribution in [2.45, 2.75) is 113 Å². The predicted octanol–water partition coefficient (Wildman–Crippen LogP) is 10.8. The average Bonchev–Trinajstić information content (AvgIpc) is 3.03. The molecule has 0 bridgehead atoms. The van der Waals surface area contributed by atoms with Gasteiger partial charge in [-0.25, -0.2) is 9.82 Å². The molecule has 1 atom stereocenters. The Kier molecular flexibility index (Phi) is 36.4. The van der Waals surface area contributed by atoms with E-state index in [0.29, 0.717) is 6.61 Å². The standard InChI is InChI=1S/C12H22O8P2.C11H20O.C11H18O/c1-11(7-9-16-3)5-4-6-12(2)8-10-17-22(15,21-14)20-19-18-13;2*1-4-6-10(2)7-5-8-11(3)9-12/h5,8,13H,4,6-7,9-10H2,1-3H3;6,8,12H,4-5,7,9H2,1-3H3;6,8-9H,4-5,7H2,1-3H3/b11-5+,12-8+;2*10-6+,11-8+. The van der Waals surface area contributed by atoms with Gasteiger partial charge in [0.15, 0.2) is 0 Å². The Bertz CT molecular complexity index is 1030. The van der Waals surface area contributed by atoms with Crippen LogP contribution in [-0.4, -0.2) is 43.6 Å². The van der Waals surface area contributed by atoms with E-state index in [9.17, 15) is 13.9 Å². The minimum absolute atomic E-state index is 0.0699. The van der Waals surface area contributed by atoms with Crippen LogP contribution in [0.3, 0.4) is 0 Å². The largest absolute Gasteiger partial charge is 0.449 e. The van der Waals surface area contributed by atoms with Gasteiger partial charge < -0.3 is 9.84 Å². The van der Waals surface area contributed by atoms with Crippen molar-refractivity contribution in [3.63, 3.8) is 0 Å². The highest BCUT2D eigenvalue weighted by atomic mass is 32.1. The maximum Gasteiger partial charge on any atom is 0.449 e. The van der Waals surface area contributed by atoms with E-state index >= 15 is 0 Å². The Balaban J connectivity index is -0.000000654. The van der Waals surface area contributed by atoms with Crippen molar-refractivity contribution in [1.82, 2.24) is 0 Å². The lowest BCUT2D eigenvalue weighted by Crippen LogP contribution is -1.94. The molecule has 0 saturated heterocycles. The fraction of sp³-hybridized carbons (Fsp3) is 0.618. The molecule has 0 rings (SSSR count). The molecule has 0 aliphatic carbocycles. The van der Waals surface area contributed by atoms with E-state index in [-0.39, 0.29) is 13.2 Å². The minimum atomic E-state index is -3.99. The first kappa shape index (κ1) is 48.6. The average molecular weight is 691 g/mol. The maximum absolute atomic E-state index is 11.6. The van der Waals surface area contributed by atoms with Crippen molar-refractivity contribution in [3.8, 4) is 0 Å². The van der Waals surface area contributed by atoms with Crippen LogP contribution in [0.25, 0.3) is 0 Å². The Hall–Kier alpha value is -1.84. The van der Waals surface area contributed by atoms with Gasteiger partial charge in [-0.05, 0) is 115 Å². The number of hydrogen-bond donors (Lipinski definition) is 2. The first-order valence-corrected chi connectivity index (χ1v) is 18.7. The molecule has 0 aromatic heterocycles. The van der Waals surface area contributed by atoms with Gasteiger partial charge in [0.1, 0.15) is 6.29 Å². The molecule has 1 unspecified atom stereocenters. The summed E-state index contributed by atoms with van der Waals surface area (Å²) in [7, 11) is -3.22. The third-order valence-corrected chi connectivity index (χ3v) is 8.30. The zero-order valence-corrected chi connectivity index (χ0v) is 31.4. The van der Waals surface area contributed by atoms with Crippen molar-refractivity contribution in [1.29, 1.82) is 0 Å². The van der Waals surface area contributed by atoms with E-state index in [2.05, 4.69) is 66.8 Å². The zero-order chi connectivity index (χ0) is 35.6. The molecule has 0 aliphatic rings. The molecule has 0 radical (unpaired) electrons. The second-order valence-corrected chi connectivity index (χ2v) is 14.2. The van der Waals surface area contributed by atoms with Gasteiger partial charge in [-0.1, -0.05) is 78.2 Å². The molecule has 2 N–H and O–H groups in total. The van der Waals surface area contributed by atoms with Crippen LogP contribution in [0.5, 0.6) is 0 Å². The molecular formula is C34H60O10P2. The normalized spacial score (nSPS) is 14.7. The van der Waals surface area contributed by atoms with Crippen LogP contribution >= 0.6 is 15.4 Å². The van der Waals surface area contributed by atoms with Gasteiger partial charge in [0.2, 0.25) is 0 Å². The lowest BCUT2D eigenvalue weighted by atomic mass is 10.1. The van der Waals surface area contributed by atoms with Gasteiger partial charge in [-0.15, -0.1) is 4.67 Å². The second kappa shape index (κ2) is 34.5. The summed E-state index contributed by atoms with van der Waals surface area (Å²) in [5.41, 5.74) is 7.03. The Morgan fingerprint density at radius 2 is 1.22 bits per heavy atom. The topological polar surface area (TPSA) is 138 Å². The monoisotopic (exact) mass is 690 g/mol. The molecule has 266 valence electrons. The number of methoxy groups -OCH3 is 1. The van der Waals surface area contributed by atoms with Gasteiger partial charge in [0, 0.05) is 13.7 Å². The van der Waals surface area contributed by atoms with Crippen LogP contribution in [0.2, 0.25) is 0 Å². The van der Waals surface area contributed by atoms with E-state index in [0.717, 1.165) is 80.8 Å². The van der Waals surface area contributed by atoms with Crippen molar-refractivity contribution in [2.24, 2.45) is 0 Å². The smallest absolute Gasteiger partial charge is 0.392 e. The highest BCUT2D eigenvalue weighted by molar-refractivity contribution is 8.14. The van der Waals surface area contributed by atoms with Crippen LogP contribution in [0.15, 0.2) is 69.9 Å². The van der Waals surface area contributed by atoms with Crippen LogP contribution in [0.4, 0.5) is 0 Å². The summed E-state index contributed by atoms with van der Waals surface area (Å²) in [5, 5.41) is 23.3. The molecule has 0 saturated carbocycles. The van der Waals surface area contributed by atoms with Gasteiger partial charge in [0.25, 0.3) is 8.15 Å². The fourth-order valence-corrected chi connectivity index (χ4v) is 4.47. The minimum Gasteiger partial charge on any atom is -0.392 e. The third-order valence-electron chi connectivity index (χ3n) is 6.23. The summed E-state index contributed by atoms with van der Waals surface area (Å²) in [6.45, 7) is 17.1. The van der Waals surface area contributed by atoms with Crippen molar-refractivity contribution >= 4 is 21.7 Å². The highest BCUT2D eigenvalue weighted by Gasteiger charge is 2.27. The zero-order valence-electron chi connectivity index (χ0n) is 29.6. The van der Waals surface area contributed by atoms with Crippen molar-refractivity contribution < 1.29 is 48.3 Å². The molecule has 0 fully saturated rings. The van der Waals surface area contributed by atoms with Crippen LogP contribution in [-0.2, 0) is 37.9 Å². The Labute approximate surface area is 279 Å². The Morgan fingerprint density at radius 1 is 0.739 bits per heavy atom. The van der Waals surface area contributed by atoms with Gasteiger partial charge in [-0.2, -0.15) is 0 Å². The number of carbonyl (C=O) groups excluding carboxylic acids is 1. The molecule has 46 heavy (non-hydrogen) atoms. The number of ether oxygens (including phenoxy) is 1. The number of carbonyl (C=O) groups is 1. The quantitative estimate of drug-likeness (QED) is 0.0266.